The van der Waals surface area contributed by atoms with Crippen LogP contribution in [0.3, 0.4) is 0 Å². The zero-order valence-corrected chi connectivity index (χ0v) is 8.92. The fourth-order valence-corrected chi connectivity index (χ4v) is 2.09. The second-order valence-corrected chi connectivity index (χ2v) is 4.71. The number of thioether (sulfide) groups is 1. The van der Waals surface area contributed by atoms with Crippen molar-refractivity contribution in [3.63, 3.8) is 0 Å². The molecular weight excluding hydrogens is 194 g/mol. The molecule has 0 bridgehead atoms. The molecule has 0 aromatic carbocycles. The lowest BCUT2D eigenvalue weighted by Crippen LogP contribution is -2.18. The predicted octanol–water partition coefficient (Wildman–Crippen LogP) is 1.66. The Hall–Kier alpha value is -1.03. The van der Waals surface area contributed by atoms with Gasteiger partial charge in [0.15, 0.2) is 5.17 Å². The summed E-state index contributed by atoms with van der Waals surface area (Å²) in [5, 5.41) is 5.00. The molecule has 2 rings (SSSR count). The molecule has 0 amide bonds. The molecule has 0 saturated carbocycles. The molecule has 0 spiro atoms. The first-order valence-corrected chi connectivity index (χ1v) is 5.56. The van der Waals surface area contributed by atoms with Crippen LogP contribution in [0.2, 0.25) is 0 Å². The first-order chi connectivity index (χ1) is 6.84. The molecule has 74 valence electrons. The highest BCUT2D eigenvalue weighted by Crippen LogP contribution is 2.18. The van der Waals surface area contributed by atoms with E-state index in [0.29, 0.717) is 5.25 Å². The van der Waals surface area contributed by atoms with Crippen LogP contribution in [0, 0.1) is 0 Å². The van der Waals surface area contributed by atoms with Crippen molar-refractivity contribution in [2.75, 3.05) is 6.54 Å². The Labute approximate surface area is 88.0 Å². The molecule has 4 heteroatoms. The number of nitrogens with zero attached hydrogens (tertiary/aromatic N) is 2. The van der Waals surface area contributed by atoms with Gasteiger partial charge in [0.2, 0.25) is 0 Å². The third kappa shape index (κ3) is 2.48. The largest absolute Gasteiger partial charge is 0.361 e. The SMILES string of the molecule is C[C@@H]1CN=C(NCc2ccncc2)S1. The highest BCUT2D eigenvalue weighted by Gasteiger charge is 2.13. The molecule has 0 aliphatic carbocycles. The van der Waals surface area contributed by atoms with E-state index in [2.05, 4.69) is 22.2 Å². The van der Waals surface area contributed by atoms with Gasteiger partial charge in [0.1, 0.15) is 0 Å². The van der Waals surface area contributed by atoms with Gasteiger partial charge >= 0.3 is 0 Å². The lowest BCUT2D eigenvalue weighted by molar-refractivity contribution is 0.910. The van der Waals surface area contributed by atoms with Gasteiger partial charge in [0.25, 0.3) is 0 Å². The first kappa shape index (κ1) is 9.52. The van der Waals surface area contributed by atoms with Crippen molar-refractivity contribution < 1.29 is 0 Å². The van der Waals surface area contributed by atoms with Crippen molar-refractivity contribution in [3.05, 3.63) is 30.1 Å². The van der Waals surface area contributed by atoms with E-state index in [-0.39, 0.29) is 0 Å². The van der Waals surface area contributed by atoms with E-state index in [9.17, 15) is 0 Å². The van der Waals surface area contributed by atoms with Crippen molar-refractivity contribution in [1.29, 1.82) is 0 Å². The van der Waals surface area contributed by atoms with E-state index >= 15 is 0 Å². The zero-order chi connectivity index (χ0) is 9.80. The minimum absolute atomic E-state index is 0.620. The lowest BCUT2D eigenvalue weighted by Gasteiger charge is -2.05. The van der Waals surface area contributed by atoms with Crippen LogP contribution in [-0.2, 0) is 6.54 Å². The Balaban J connectivity index is 1.84. The number of aromatic nitrogens is 1. The van der Waals surface area contributed by atoms with Crippen LogP contribution >= 0.6 is 11.8 Å². The van der Waals surface area contributed by atoms with Crippen molar-refractivity contribution in [3.8, 4) is 0 Å². The van der Waals surface area contributed by atoms with Gasteiger partial charge in [-0.3, -0.25) is 9.98 Å². The van der Waals surface area contributed by atoms with Gasteiger partial charge in [-0.25, -0.2) is 0 Å². The Kier molecular flexibility index (Phi) is 3.03. The Morgan fingerprint density at radius 3 is 2.93 bits per heavy atom. The van der Waals surface area contributed by atoms with Crippen LogP contribution in [0.5, 0.6) is 0 Å². The van der Waals surface area contributed by atoms with Crippen LogP contribution < -0.4 is 5.32 Å². The van der Waals surface area contributed by atoms with Crippen LogP contribution in [0.1, 0.15) is 12.5 Å². The van der Waals surface area contributed by atoms with Gasteiger partial charge in [-0.05, 0) is 17.7 Å². The summed E-state index contributed by atoms with van der Waals surface area (Å²) in [6.45, 7) is 3.96. The van der Waals surface area contributed by atoms with Crippen molar-refractivity contribution in [1.82, 2.24) is 10.3 Å². The van der Waals surface area contributed by atoms with Crippen LogP contribution in [0.15, 0.2) is 29.5 Å². The molecule has 14 heavy (non-hydrogen) atoms. The summed E-state index contributed by atoms with van der Waals surface area (Å²) < 4.78 is 0. The predicted molar refractivity (Wildman–Crippen MR) is 60.4 cm³/mol. The van der Waals surface area contributed by atoms with Crippen molar-refractivity contribution in [2.45, 2.75) is 18.7 Å². The summed E-state index contributed by atoms with van der Waals surface area (Å²) in [4.78, 5) is 8.36. The Morgan fingerprint density at radius 1 is 1.50 bits per heavy atom. The molecule has 1 N–H and O–H groups in total. The van der Waals surface area contributed by atoms with Crippen LogP contribution in [0.25, 0.3) is 0 Å². The third-order valence-corrected chi connectivity index (χ3v) is 3.05. The van der Waals surface area contributed by atoms with Gasteiger partial charge in [-0.1, -0.05) is 18.7 Å². The topological polar surface area (TPSA) is 37.3 Å². The van der Waals surface area contributed by atoms with E-state index in [4.69, 9.17) is 0 Å². The first-order valence-electron chi connectivity index (χ1n) is 4.68. The summed E-state index contributed by atoms with van der Waals surface area (Å²) in [7, 11) is 0. The molecule has 2 heterocycles. The number of nitrogens with one attached hydrogen (secondary N) is 1. The molecule has 0 radical (unpaired) electrons. The zero-order valence-electron chi connectivity index (χ0n) is 8.10. The van der Waals surface area contributed by atoms with Gasteiger partial charge in [-0.2, -0.15) is 0 Å². The van der Waals surface area contributed by atoms with Crippen molar-refractivity contribution >= 4 is 16.9 Å². The average Bonchev–Trinajstić information content (AvgIpc) is 2.63. The maximum absolute atomic E-state index is 4.38. The molecule has 0 fully saturated rings. The van der Waals surface area contributed by atoms with Gasteiger partial charge in [0.05, 0.1) is 6.54 Å². The van der Waals surface area contributed by atoms with Gasteiger partial charge in [-0.15, -0.1) is 0 Å². The number of pyridine rings is 1. The molecule has 1 aliphatic rings. The number of hydrogen-bond donors (Lipinski definition) is 1. The molecule has 1 atom stereocenters. The van der Waals surface area contributed by atoms with Crippen LogP contribution in [-0.4, -0.2) is 21.9 Å². The monoisotopic (exact) mass is 207 g/mol. The minimum Gasteiger partial charge on any atom is -0.361 e. The molecule has 0 saturated heterocycles. The molecule has 3 nitrogen and oxygen atoms in total. The number of aliphatic imine (C=N–C) groups is 1. The number of rotatable bonds is 2. The third-order valence-electron chi connectivity index (χ3n) is 2.00. The van der Waals surface area contributed by atoms with Gasteiger partial charge in [0, 0.05) is 24.2 Å². The highest BCUT2D eigenvalue weighted by atomic mass is 32.2. The average molecular weight is 207 g/mol. The second-order valence-electron chi connectivity index (χ2n) is 3.28. The lowest BCUT2D eigenvalue weighted by atomic mass is 10.3. The van der Waals surface area contributed by atoms with E-state index in [1.54, 1.807) is 0 Å². The Morgan fingerprint density at radius 2 is 2.29 bits per heavy atom. The normalized spacial score (nSPS) is 20.6. The smallest absolute Gasteiger partial charge is 0.157 e. The van der Waals surface area contributed by atoms with Crippen LogP contribution in [0.4, 0.5) is 0 Å². The summed E-state index contributed by atoms with van der Waals surface area (Å²) in [6, 6.07) is 4.02. The molecule has 1 aromatic heterocycles. The van der Waals surface area contributed by atoms with E-state index in [1.807, 2.05) is 36.3 Å². The Bertz CT molecular complexity index is 323. The molecular formula is C10H13N3S. The minimum atomic E-state index is 0.620. The summed E-state index contributed by atoms with van der Waals surface area (Å²) in [5.74, 6) is 0. The molecule has 0 unspecified atom stereocenters. The van der Waals surface area contributed by atoms with E-state index in [0.717, 1.165) is 18.3 Å². The number of hydrogen-bond acceptors (Lipinski definition) is 4. The van der Waals surface area contributed by atoms with E-state index < -0.39 is 0 Å². The van der Waals surface area contributed by atoms with E-state index in [1.165, 1.54) is 5.56 Å². The second kappa shape index (κ2) is 4.46. The fraction of sp³-hybridized carbons (Fsp3) is 0.400. The number of amidine groups is 1. The summed E-state index contributed by atoms with van der Waals surface area (Å²) in [6.07, 6.45) is 3.62. The maximum Gasteiger partial charge on any atom is 0.157 e. The quantitative estimate of drug-likeness (QED) is 0.801. The van der Waals surface area contributed by atoms with Crippen molar-refractivity contribution in [2.24, 2.45) is 4.99 Å². The highest BCUT2D eigenvalue weighted by molar-refractivity contribution is 8.14. The standard InChI is InChI=1S/C10H13N3S/c1-8-6-12-10(14-8)13-7-9-2-4-11-5-3-9/h2-5,8H,6-7H2,1H3,(H,12,13)/t8-/m1/s1. The molecule has 1 aliphatic heterocycles. The fourth-order valence-electron chi connectivity index (χ4n) is 1.25. The van der Waals surface area contributed by atoms with Gasteiger partial charge < -0.3 is 5.32 Å². The summed E-state index contributed by atoms with van der Waals surface area (Å²) >= 11 is 1.81. The molecule has 1 aromatic rings. The summed E-state index contributed by atoms with van der Waals surface area (Å²) in [5.41, 5.74) is 1.24. The maximum atomic E-state index is 4.38.